The molecule has 0 atom stereocenters. The number of phenols is 1. The lowest BCUT2D eigenvalue weighted by Crippen LogP contribution is -2.27. The van der Waals surface area contributed by atoms with Crippen molar-refractivity contribution in [3.05, 3.63) is 58.6 Å². The molecule has 0 heterocycles. The van der Waals surface area contributed by atoms with Crippen LogP contribution in [0, 0.1) is 0 Å². The molecule has 0 aromatic heterocycles. The van der Waals surface area contributed by atoms with Crippen LogP contribution >= 0.6 is 11.6 Å². The summed E-state index contributed by atoms with van der Waals surface area (Å²) in [5, 5.41) is 9.58. The Bertz CT molecular complexity index is 606. The van der Waals surface area contributed by atoms with E-state index in [2.05, 4.69) is 0 Å². The highest BCUT2D eigenvalue weighted by molar-refractivity contribution is 6.34. The topological polar surface area (TPSA) is 66.6 Å². The number of hydrogen-bond donors (Lipinski definition) is 2. The van der Waals surface area contributed by atoms with Gasteiger partial charge in [0.15, 0.2) is 0 Å². The van der Waals surface area contributed by atoms with Gasteiger partial charge in [0.05, 0.1) is 10.6 Å². The first-order chi connectivity index (χ1) is 9.49. The molecule has 3 N–H and O–H groups in total. The first-order valence-corrected chi connectivity index (χ1v) is 6.44. The molecule has 0 saturated carbocycles. The Morgan fingerprint density at radius 1 is 1.25 bits per heavy atom. The van der Waals surface area contributed by atoms with Gasteiger partial charge in [0.2, 0.25) is 0 Å². The zero-order chi connectivity index (χ0) is 14.7. The summed E-state index contributed by atoms with van der Waals surface area (Å²) in [6.45, 7) is 0.407. The zero-order valence-electron chi connectivity index (χ0n) is 11.0. The van der Waals surface area contributed by atoms with Crippen molar-refractivity contribution in [2.24, 2.45) is 0 Å². The molecule has 4 nitrogen and oxygen atoms in total. The van der Waals surface area contributed by atoms with Crippen LogP contribution < -0.4 is 5.73 Å². The molecular formula is C15H15ClN2O2. The van der Waals surface area contributed by atoms with Crippen molar-refractivity contribution in [3.8, 4) is 5.75 Å². The molecule has 0 saturated heterocycles. The third-order valence-electron chi connectivity index (χ3n) is 2.96. The van der Waals surface area contributed by atoms with Crippen LogP contribution in [0.4, 0.5) is 5.69 Å². The van der Waals surface area contributed by atoms with E-state index in [9.17, 15) is 9.90 Å². The van der Waals surface area contributed by atoms with Crippen molar-refractivity contribution in [1.29, 1.82) is 0 Å². The second-order valence-corrected chi connectivity index (χ2v) is 4.94. The molecule has 0 aliphatic heterocycles. The number of phenolic OH excluding ortho intramolecular Hbond substituents is 1. The van der Waals surface area contributed by atoms with E-state index in [4.69, 9.17) is 17.3 Å². The second-order valence-electron chi connectivity index (χ2n) is 4.53. The summed E-state index contributed by atoms with van der Waals surface area (Å²) in [5.41, 5.74) is 7.39. The van der Waals surface area contributed by atoms with Crippen LogP contribution in [0.1, 0.15) is 15.9 Å². The van der Waals surface area contributed by atoms with Crippen molar-refractivity contribution in [3.63, 3.8) is 0 Å². The van der Waals surface area contributed by atoms with Crippen molar-refractivity contribution >= 4 is 23.2 Å². The van der Waals surface area contributed by atoms with Gasteiger partial charge in [-0.2, -0.15) is 0 Å². The summed E-state index contributed by atoms with van der Waals surface area (Å²) in [4.78, 5) is 13.9. The number of carbonyl (C=O) groups is 1. The summed E-state index contributed by atoms with van der Waals surface area (Å²) in [5.74, 6) is -0.0424. The molecule has 2 aromatic rings. The van der Waals surface area contributed by atoms with Crippen LogP contribution in [0.5, 0.6) is 5.75 Å². The summed E-state index contributed by atoms with van der Waals surface area (Å²) in [6, 6.07) is 11.7. The molecule has 0 aliphatic rings. The number of aromatic hydroxyl groups is 1. The van der Waals surface area contributed by atoms with Crippen LogP contribution in [-0.2, 0) is 6.54 Å². The van der Waals surface area contributed by atoms with Gasteiger partial charge in [0.25, 0.3) is 5.91 Å². The Hall–Kier alpha value is -2.20. The minimum absolute atomic E-state index is 0.193. The lowest BCUT2D eigenvalue weighted by molar-refractivity contribution is 0.0786. The monoisotopic (exact) mass is 290 g/mol. The zero-order valence-corrected chi connectivity index (χ0v) is 11.8. The number of carbonyl (C=O) groups excluding carboxylic acids is 1. The van der Waals surface area contributed by atoms with Crippen LogP contribution in [0.3, 0.4) is 0 Å². The van der Waals surface area contributed by atoms with E-state index < -0.39 is 0 Å². The van der Waals surface area contributed by atoms with Gasteiger partial charge in [-0.15, -0.1) is 0 Å². The van der Waals surface area contributed by atoms with Crippen molar-refractivity contribution in [2.75, 3.05) is 12.8 Å². The van der Waals surface area contributed by atoms with E-state index in [0.29, 0.717) is 22.8 Å². The number of anilines is 1. The molecule has 0 unspecified atom stereocenters. The first-order valence-electron chi connectivity index (χ1n) is 6.06. The number of nitrogens with two attached hydrogens (primary N) is 1. The number of benzene rings is 2. The van der Waals surface area contributed by atoms with Crippen molar-refractivity contribution < 1.29 is 9.90 Å². The molecule has 20 heavy (non-hydrogen) atoms. The predicted octanol–water partition coefficient (Wildman–Crippen LogP) is 2.90. The minimum Gasteiger partial charge on any atom is -0.508 e. The van der Waals surface area contributed by atoms with Crippen LogP contribution in [0.15, 0.2) is 42.5 Å². The van der Waals surface area contributed by atoms with Gasteiger partial charge in [-0.05, 0) is 29.8 Å². The number of hydrogen-bond acceptors (Lipinski definition) is 3. The van der Waals surface area contributed by atoms with Crippen LogP contribution in [-0.4, -0.2) is 23.0 Å². The maximum atomic E-state index is 12.4. The standard InChI is InChI=1S/C15H15ClN2O2/c1-18(9-10-5-7-11(19)8-6-10)15(20)14-12(16)3-2-4-13(14)17/h2-8,19H,9,17H2,1H3. The Morgan fingerprint density at radius 3 is 2.50 bits per heavy atom. The predicted molar refractivity (Wildman–Crippen MR) is 79.8 cm³/mol. The van der Waals surface area contributed by atoms with E-state index in [-0.39, 0.29) is 11.7 Å². The Labute approximate surface area is 122 Å². The van der Waals surface area contributed by atoms with Crippen LogP contribution in [0.2, 0.25) is 5.02 Å². The molecule has 1 amide bonds. The number of halogens is 1. The average molecular weight is 291 g/mol. The highest BCUT2D eigenvalue weighted by Crippen LogP contribution is 2.24. The third kappa shape index (κ3) is 3.03. The number of nitrogen functional groups attached to an aromatic ring is 1. The van der Waals surface area contributed by atoms with Gasteiger partial charge in [0, 0.05) is 19.3 Å². The average Bonchev–Trinajstić information content (AvgIpc) is 2.41. The highest BCUT2D eigenvalue weighted by atomic mass is 35.5. The van der Waals surface area contributed by atoms with Gasteiger partial charge in [0.1, 0.15) is 5.75 Å². The Kier molecular flexibility index (Phi) is 4.15. The van der Waals surface area contributed by atoms with Gasteiger partial charge < -0.3 is 15.7 Å². The molecule has 0 bridgehead atoms. The largest absolute Gasteiger partial charge is 0.508 e. The van der Waals surface area contributed by atoms with Gasteiger partial charge >= 0.3 is 0 Å². The minimum atomic E-state index is -0.235. The molecule has 0 spiro atoms. The maximum absolute atomic E-state index is 12.4. The SMILES string of the molecule is CN(Cc1ccc(O)cc1)C(=O)c1c(N)cccc1Cl. The van der Waals surface area contributed by atoms with Crippen molar-refractivity contribution in [1.82, 2.24) is 4.90 Å². The third-order valence-corrected chi connectivity index (χ3v) is 3.28. The van der Waals surface area contributed by atoms with E-state index in [0.717, 1.165) is 5.56 Å². The van der Waals surface area contributed by atoms with Gasteiger partial charge in [-0.3, -0.25) is 4.79 Å². The summed E-state index contributed by atoms with van der Waals surface area (Å²) in [7, 11) is 1.68. The molecule has 0 radical (unpaired) electrons. The van der Waals surface area contributed by atoms with Crippen LogP contribution in [0.25, 0.3) is 0 Å². The lowest BCUT2D eigenvalue weighted by atomic mass is 10.1. The summed E-state index contributed by atoms with van der Waals surface area (Å²) in [6.07, 6.45) is 0. The van der Waals surface area contributed by atoms with Gasteiger partial charge in [-0.25, -0.2) is 0 Å². The Morgan fingerprint density at radius 2 is 1.90 bits per heavy atom. The number of amides is 1. The van der Waals surface area contributed by atoms with E-state index >= 15 is 0 Å². The quantitative estimate of drug-likeness (QED) is 0.854. The Balaban J connectivity index is 2.18. The smallest absolute Gasteiger partial charge is 0.257 e. The normalized spacial score (nSPS) is 10.3. The highest BCUT2D eigenvalue weighted by Gasteiger charge is 2.18. The molecule has 2 rings (SSSR count). The van der Waals surface area contributed by atoms with E-state index in [1.807, 2.05) is 0 Å². The molecule has 0 fully saturated rings. The number of rotatable bonds is 3. The second kappa shape index (κ2) is 5.84. The fourth-order valence-corrected chi connectivity index (χ4v) is 2.17. The lowest BCUT2D eigenvalue weighted by Gasteiger charge is -2.19. The molecule has 2 aromatic carbocycles. The number of nitrogens with zero attached hydrogens (tertiary/aromatic N) is 1. The summed E-state index contributed by atoms with van der Waals surface area (Å²) < 4.78 is 0. The summed E-state index contributed by atoms with van der Waals surface area (Å²) >= 11 is 6.03. The van der Waals surface area contributed by atoms with Gasteiger partial charge in [-0.1, -0.05) is 29.8 Å². The molecule has 0 aliphatic carbocycles. The van der Waals surface area contributed by atoms with E-state index in [1.165, 1.54) is 4.90 Å². The molecular weight excluding hydrogens is 276 g/mol. The molecule has 104 valence electrons. The molecule has 5 heteroatoms. The van der Waals surface area contributed by atoms with E-state index in [1.54, 1.807) is 49.5 Å². The first kappa shape index (κ1) is 14.2. The van der Waals surface area contributed by atoms with Crippen molar-refractivity contribution in [2.45, 2.75) is 6.54 Å². The fourth-order valence-electron chi connectivity index (χ4n) is 1.90. The maximum Gasteiger partial charge on any atom is 0.257 e. The fraction of sp³-hybridized carbons (Fsp3) is 0.133.